The lowest BCUT2D eigenvalue weighted by atomic mass is 10.1. The number of carbonyl (C=O) groups is 1. The van der Waals surface area contributed by atoms with Crippen molar-refractivity contribution in [2.24, 2.45) is 0 Å². The molecule has 1 aromatic heterocycles. The minimum absolute atomic E-state index is 0.0994. The maximum atomic E-state index is 12.7. The van der Waals surface area contributed by atoms with E-state index in [1.807, 2.05) is 55.5 Å². The van der Waals surface area contributed by atoms with Gasteiger partial charge in [0.05, 0.1) is 6.04 Å². The lowest BCUT2D eigenvalue weighted by Crippen LogP contribution is -2.33. The Hall–Kier alpha value is -3.21. The molecule has 0 spiro atoms. The Labute approximate surface area is 166 Å². The van der Waals surface area contributed by atoms with Crippen LogP contribution in [-0.2, 0) is 6.54 Å². The molecule has 0 bridgehead atoms. The summed E-state index contributed by atoms with van der Waals surface area (Å²) < 4.78 is 0. The van der Waals surface area contributed by atoms with Crippen LogP contribution in [0, 0.1) is 0 Å². The Morgan fingerprint density at radius 3 is 2.25 bits per heavy atom. The van der Waals surface area contributed by atoms with Gasteiger partial charge in [0.2, 0.25) is 5.95 Å². The lowest BCUT2D eigenvalue weighted by Gasteiger charge is -2.27. The Kier molecular flexibility index (Phi) is 6.37. The largest absolute Gasteiger partial charge is 0.344 e. The summed E-state index contributed by atoms with van der Waals surface area (Å²) in [5.74, 6) is 0.349. The molecule has 144 valence electrons. The number of amides is 1. The maximum Gasteiger partial charge on any atom is 0.270 e. The quantitative estimate of drug-likeness (QED) is 0.667. The highest BCUT2D eigenvalue weighted by molar-refractivity contribution is 5.92. The van der Waals surface area contributed by atoms with Gasteiger partial charge in [-0.2, -0.15) is 0 Å². The van der Waals surface area contributed by atoms with E-state index in [4.69, 9.17) is 0 Å². The second-order valence-corrected chi connectivity index (χ2v) is 7.05. The number of nitrogens with one attached hydrogen (secondary N) is 1. The molecule has 0 radical (unpaired) electrons. The number of carbonyl (C=O) groups excluding carboxylic acids is 1. The molecule has 1 amide bonds. The lowest BCUT2D eigenvalue weighted by molar-refractivity contribution is 0.0934. The molecule has 0 aliphatic rings. The van der Waals surface area contributed by atoms with Gasteiger partial charge in [0.25, 0.3) is 5.91 Å². The summed E-state index contributed by atoms with van der Waals surface area (Å²) in [7, 11) is 0. The van der Waals surface area contributed by atoms with E-state index in [1.165, 1.54) is 5.56 Å². The second-order valence-electron chi connectivity index (χ2n) is 7.05. The summed E-state index contributed by atoms with van der Waals surface area (Å²) in [4.78, 5) is 23.8. The molecule has 0 aliphatic heterocycles. The van der Waals surface area contributed by atoms with E-state index in [-0.39, 0.29) is 18.0 Å². The molecule has 3 rings (SSSR count). The molecule has 28 heavy (non-hydrogen) atoms. The first kappa shape index (κ1) is 19.5. The van der Waals surface area contributed by atoms with Crippen LogP contribution in [0.3, 0.4) is 0 Å². The van der Waals surface area contributed by atoms with Crippen LogP contribution in [-0.4, -0.2) is 21.9 Å². The average Bonchev–Trinajstić information content (AvgIpc) is 2.73. The molecule has 1 unspecified atom stereocenters. The number of hydrogen-bond donors (Lipinski definition) is 1. The van der Waals surface area contributed by atoms with Gasteiger partial charge in [0, 0.05) is 18.8 Å². The molecule has 1 atom stereocenters. The second kappa shape index (κ2) is 9.13. The first-order valence-electron chi connectivity index (χ1n) is 9.54. The SMILES string of the molecule is CC(NC(=O)c1ccnc(N(Cc2ccccc2)C(C)C)n1)c1ccccc1. The molecular weight excluding hydrogens is 348 g/mol. The fourth-order valence-corrected chi connectivity index (χ4v) is 2.97. The van der Waals surface area contributed by atoms with Crippen LogP contribution in [0.5, 0.6) is 0 Å². The van der Waals surface area contributed by atoms with Crippen molar-refractivity contribution in [1.29, 1.82) is 0 Å². The van der Waals surface area contributed by atoms with E-state index in [2.05, 4.69) is 46.2 Å². The number of aromatic nitrogens is 2. The van der Waals surface area contributed by atoms with E-state index in [9.17, 15) is 4.79 Å². The third kappa shape index (κ3) is 4.94. The van der Waals surface area contributed by atoms with Crippen molar-refractivity contribution in [2.45, 2.75) is 39.4 Å². The van der Waals surface area contributed by atoms with Crippen molar-refractivity contribution in [3.63, 3.8) is 0 Å². The number of benzene rings is 2. The fraction of sp³-hybridized carbons (Fsp3) is 0.261. The zero-order valence-corrected chi connectivity index (χ0v) is 16.5. The van der Waals surface area contributed by atoms with Gasteiger partial charge in [0.1, 0.15) is 5.69 Å². The third-order valence-electron chi connectivity index (χ3n) is 4.60. The minimum atomic E-state index is -0.205. The van der Waals surface area contributed by atoms with Crippen LogP contribution >= 0.6 is 0 Å². The predicted molar refractivity (Wildman–Crippen MR) is 112 cm³/mol. The molecule has 0 saturated carbocycles. The normalized spacial score (nSPS) is 11.9. The highest BCUT2D eigenvalue weighted by Gasteiger charge is 2.18. The summed E-state index contributed by atoms with van der Waals surface area (Å²) in [6, 6.07) is 21.8. The van der Waals surface area contributed by atoms with Crippen LogP contribution < -0.4 is 10.2 Å². The van der Waals surface area contributed by atoms with Gasteiger partial charge in [-0.25, -0.2) is 9.97 Å². The molecule has 0 aliphatic carbocycles. The summed E-state index contributed by atoms with van der Waals surface area (Å²) in [5, 5.41) is 3.01. The molecule has 1 N–H and O–H groups in total. The Morgan fingerprint density at radius 2 is 1.61 bits per heavy atom. The monoisotopic (exact) mass is 374 g/mol. The fourth-order valence-electron chi connectivity index (χ4n) is 2.97. The molecule has 5 nitrogen and oxygen atoms in total. The van der Waals surface area contributed by atoms with Crippen molar-refractivity contribution in [1.82, 2.24) is 15.3 Å². The van der Waals surface area contributed by atoms with Gasteiger partial charge in [-0.1, -0.05) is 60.7 Å². The number of anilines is 1. The van der Waals surface area contributed by atoms with Crippen molar-refractivity contribution in [2.75, 3.05) is 4.90 Å². The van der Waals surface area contributed by atoms with Crippen LogP contribution in [0.4, 0.5) is 5.95 Å². The van der Waals surface area contributed by atoms with Crippen LogP contribution in [0.1, 0.15) is 48.4 Å². The highest BCUT2D eigenvalue weighted by Crippen LogP contribution is 2.17. The number of hydrogen-bond acceptors (Lipinski definition) is 4. The molecule has 0 fully saturated rings. The molecule has 3 aromatic rings. The number of nitrogens with zero attached hydrogens (tertiary/aromatic N) is 3. The van der Waals surface area contributed by atoms with Gasteiger partial charge in [-0.3, -0.25) is 4.79 Å². The van der Waals surface area contributed by atoms with Crippen molar-refractivity contribution >= 4 is 11.9 Å². The maximum absolute atomic E-state index is 12.7. The summed E-state index contributed by atoms with van der Waals surface area (Å²) in [6.07, 6.45) is 1.64. The first-order valence-corrected chi connectivity index (χ1v) is 9.54. The van der Waals surface area contributed by atoms with Crippen LogP contribution in [0.25, 0.3) is 0 Å². The summed E-state index contributed by atoms with van der Waals surface area (Å²) >= 11 is 0. The minimum Gasteiger partial charge on any atom is -0.344 e. The third-order valence-corrected chi connectivity index (χ3v) is 4.60. The first-order chi connectivity index (χ1) is 13.5. The van der Waals surface area contributed by atoms with E-state index in [0.717, 1.165) is 5.56 Å². The highest BCUT2D eigenvalue weighted by atomic mass is 16.1. The molecule has 5 heteroatoms. The van der Waals surface area contributed by atoms with E-state index < -0.39 is 0 Å². The predicted octanol–water partition coefficient (Wildman–Crippen LogP) is 4.38. The molecule has 1 heterocycles. The van der Waals surface area contributed by atoms with Crippen molar-refractivity contribution in [3.05, 3.63) is 89.7 Å². The molecule has 2 aromatic carbocycles. The standard InChI is InChI=1S/C23H26N4O/c1-17(2)27(16-19-10-6-4-7-11-19)23-24-15-14-21(26-23)22(28)25-18(3)20-12-8-5-9-13-20/h4-15,17-18H,16H2,1-3H3,(H,25,28). The van der Waals surface area contributed by atoms with E-state index in [1.54, 1.807) is 12.3 Å². The molecular formula is C23H26N4O. The van der Waals surface area contributed by atoms with Crippen molar-refractivity contribution in [3.8, 4) is 0 Å². The average molecular weight is 374 g/mol. The zero-order chi connectivity index (χ0) is 19.9. The summed E-state index contributed by atoms with van der Waals surface area (Å²) in [5.41, 5.74) is 2.59. The topological polar surface area (TPSA) is 58.1 Å². The number of rotatable bonds is 7. The summed E-state index contributed by atoms with van der Waals surface area (Å²) in [6.45, 7) is 6.84. The zero-order valence-electron chi connectivity index (χ0n) is 16.5. The van der Waals surface area contributed by atoms with Gasteiger partial charge >= 0.3 is 0 Å². The van der Waals surface area contributed by atoms with Gasteiger partial charge < -0.3 is 10.2 Å². The van der Waals surface area contributed by atoms with E-state index in [0.29, 0.717) is 18.2 Å². The smallest absolute Gasteiger partial charge is 0.270 e. The Morgan fingerprint density at radius 1 is 0.964 bits per heavy atom. The Balaban J connectivity index is 1.77. The van der Waals surface area contributed by atoms with Gasteiger partial charge in [0.15, 0.2) is 0 Å². The van der Waals surface area contributed by atoms with Crippen LogP contribution in [0.2, 0.25) is 0 Å². The van der Waals surface area contributed by atoms with Gasteiger partial charge in [-0.05, 0) is 38.0 Å². The molecule has 0 saturated heterocycles. The van der Waals surface area contributed by atoms with Crippen molar-refractivity contribution < 1.29 is 4.79 Å². The van der Waals surface area contributed by atoms with Gasteiger partial charge in [-0.15, -0.1) is 0 Å². The van der Waals surface area contributed by atoms with Crippen LogP contribution in [0.15, 0.2) is 72.9 Å². The Bertz CT molecular complexity index is 897. The van der Waals surface area contributed by atoms with E-state index >= 15 is 0 Å².